The molecule has 2 aromatic carbocycles. The first kappa shape index (κ1) is 18.3. The Bertz CT molecular complexity index is 746. The topological polar surface area (TPSA) is 47.6 Å². The second-order valence-corrected chi connectivity index (χ2v) is 5.99. The van der Waals surface area contributed by atoms with Gasteiger partial charge in [-0.2, -0.15) is 0 Å². The van der Waals surface area contributed by atoms with Gasteiger partial charge in [-0.25, -0.2) is 0 Å². The Morgan fingerprint density at radius 3 is 1.72 bits per heavy atom. The SMILES string of the molecule is C=C(C)COc1ccc(NC(=O)c2ccc(OCC(=C)C)cc2)cc1. The van der Waals surface area contributed by atoms with Crippen LogP contribution >= 0.6 is 0 Å². The van der Waals surface area contributed by atoms with Gasteiger partial charge in [-0.3, -0.25) is 4.79 Å². The molecule has 0 aliphatic carbocycles. The van der Waals surface area contributed by atoms with Gasteiger partial charge in [0.15, 0.2) is 0 Å². The zero-order valence-corrected chi connectivity index (χ0v) is 14.7. The molecule has 1 amide bonds. The molecule has 2 rings (SSSR count). The minimum Gasteiger partial charge on any atom is -0.489 e. The predicted molar refractivity (Wildman–Crippen MR) is 101 cm³/mol. The van der Waals surface area contributed by atoms with Gasteiger partial charge in [-0.1, -0.05) is 13.2 Å². The van der Waals surface area contributed by atoms with Gasteiger partial charge >= 0.3 is 0 Å². The maximum absolute atomic E-state index is 12.3. The second-order valence-electron chi connectivity index (χ2n) is 5.99. The number of amides is 1. The summed E-state index contributed by atoms with van der Waals surface area (Å²) >= 11 is 0. The molecule has 4 heteroatoms. The van der Waals surface area contributed by atoms with E-state index in [1.807, 2.05) is 26.0 Å². The number of anilines is 1. The highest BCUT2D eigenvalue weighted by molar-refractivity contribution is 6.04. The Kier molecular flexibility index (Phi) is 6.40. The van der Waals surface area contributed by atoms with Gasteiger partial charge in [0.05, 0.1) is 0 Å². The third-order valence-electron chi connectivity index (χ3n) is 3.20. The highest BCUT2D eigenvalue weighted by atomic mass is 16.5. The first-order valence-electron chi connectivity index (χ1n) is 8.00. The van der Waals surface area contributed by atoms with Crippen LogP contribution in [0.4, 0.5) is 5.69 Å². The quantitative estimate of drug-likeness (QED) is 0.701. The first-order chi connectivity index (χ1) is 11.9. The molecular weight excluding hydrogens is 314 g/mol. The van der Waals surface area contributed by atoms with E-state index >= 15 is 0 Å². The number of nitrogens with one attached hydrogen (secondary N) is 1. The van der Waals surface area contributed by atoms with Crippen LogP contribution in [0.5, 0.6) is 11.5 Å². The smallest absolute Gasteiger partial charge is 0.255 e. The summed E-state index contributed by atoms with van der Waals surface area (Å²) < 4.78 is 11.1. The molecule has 0 heterocycles. The lowest BCUT2D eigenvalue weighted by molar-refractivity contribution is 0.102. The third kappa shape index (κ3) is 6.18. The van der Waals surface area contributed by atoms with E-state index < -0.39 is 0 Å². The van der Waals surface area contributed by atoms with Crippen molar-refractivity contribution in [2.75, 3.05) is 18.5 Å². The van der Waals surface area contributed by atoms with Gasteiger partial charge in [-0.15, -0.1) is 0 Å². The summed E-state index contributed by atoms with van der Waals surface area (Å²) in [5.41, 5.74) is 3.16. The van der Waals surface area contributed by atoms with E-state index in [-0.39, 0.29) is 5.91 Å². The maximum Gasteiger partial charge on any atom is 0.255 e. The van der Waals surface area contributed by atoms with Crippen molar-refractivity contribution in [3.63, 3.8) is 0 Å². The number of carbonyl (C=O) groups is 1. The van der Waals surface area contributed by atoms with E-state index in [9.17, 15) is 4.79 Å². The first-order valence-corrected chi connectivity index (χ1v) is 8.00. The number of benzene rings is 2. The number of rotatable bonds is 8. The highest BCUT2D eigenvalue weighted by Crippen LogP contribution is 2.18. The number of hydrogen-bond acceptors (Lipinski definition) is 3. The van der Waals surface area contributed by atoms with Crippen LogP contribution < -0.4 is 14.8 Å². The Morgan fingerprint density at radius 2 is 1.28 bits per heavy atom. The zero-order chi connectivity index (χ0) is 18.2. The van der Waals surface area contributed by atoms with Crippen molar-refractivity contribution in [3.05, 3.63) is 78.4 Å². The Morgan fingerprint density at radius 1 is 0.840 bits per heavy atom. The molecule has 0 spiro atoms. The van der Waals surface area contributed by atoms with Crippen molar-refractivity contribution in [2.45, 2.75) is 13.8 Å². The van der Waals surface area contributed by atoms with Crippen LogP contribution in [0.1, 0.15) is 24.2 Å². The molecule has 0 atom stereocenters. The second kappa shape index (κ2) is 8.73. The van der Waals surface area contributed by atoms with Crippen molar-refractivity contribution >= 4 is 11.6 Å². The molecular formula is C21H23NO3. The van der Waals surface area contributed by atoms with Gasteiger partial charge in [0, 0.05) is 11.3 Å². The van der Waals surface area contributed by atoms with Gasteiger partial charge in [0.2, 0.25) is 0 Å². The van der Waals surface area contributed by atoms with Crippen molar-refractivity contribution in [1.29, 1.82) is 0 Å². The standard InChI is InChI=1S/C21H23NO3/c1-15(2)13-24-19-9-5-17(6-10-19)21(23)22-18-7-11-20(12-8-18)25-14-16(3)4/h5-12H,1,3,13-14H2,2,4H3,(H,22,23). The fourth-order valence-corrected chi connectivity index (χ4v) is 1.95. The molecule has 0 radical (unpaired) electrons. The van der Waals surface area contributed by atoms with E-state index in [0.717, 1.165) is 16.9 Å². The van der Waals surface area contributed by atoms with Crippen LogP contribution in [-0.2, 0) is 0 Å². The van der Waals surface area contributed by atoms with E-state index in [0.29, 0.717) is 30.2 Å². The van der Waals surface area contributed by atoms with Crippen molar-refractivity contribution < 1.29 is 14.3 Å². The molecule has 0 unspecified atom stereocenters. The van der Waals surface area contributed by atoms with E-state index in [1.54, 1.807) is 36.4 Å². The molecule has 0 saturated carbocycles. The zero-order valence-electron chi connectivity index (χ0n) is 14.7. The van der Waals surface area contributed by atoms with Gasteiger partial charge in [-0.05, 0) is 73.5 Å². The fourth-order valence-electron chi connectivity index (χ4n) is 1.95. The summed E-state index contributed by atoms with van der Waals surface area (Å²) in [6.07, 6.45) is 0. The molecule has 0 saturated heterocycles. The third-order valence-corrected chi connectivity index (χ3v) is 3.20. The molecule has 4 nitrogen and oxygen atoms in total. The van der Waals surface area contributed by atoms with Crippen molar-refractivity contribution in [1.82, 2.24) is 0 Å². The molecule has 0 bridgehead atoms. The molecule has 0 aliphatic rings. The van der Waals surface area contributed by atoms with Crippen LogP contribution in [0.3, 0.4) is 0 Å². The van der Waals surface area contributed by atoms with Crippen LogP contribution in [0.15, 0.2) is 72.8 Å². The van der Waals surface area contributed by atoms with Crippen LogP contribution in [-0.4, -0.2) is 19.1 Å². The van der Waals surface area contributed by atoms with E-state index in [4.69, 9.17) is 9.47 Å². The average Bonchev–Trinajstić information content (AvgIpc) is 2.59. The number of hydrogen-bond donors (Lipinski definition) is 1. The van der Waals surface area contributed by atoms with Crippen LogP contribution in [0, 0.1) is 0 Å². The fraction of sp³-hybridized carbons (Fsp3) is 0.190. The lowest BCUT2D eigenvalue weighted by Crippen LogP contribution is -2.11. The molecule has 130 valence electrons. The Hall–Kier alpha value is -3.01. The summed E-state index contributed by atoms with van der Waals surface area (Å²) in [5.74, 6) is 1.26. The highest BCUT2D eigenvalue weighted by Gasteiger charge is 2.07. The molecule has 25 heavy (non-hydrogen) atoms. The minimum absolute atomic E-state index is 0.179. The van der Waals surface area contributed by atoms with Crippen molar-refractivity contribution in [2.24, 2.45) is 0 Å². The minimum atomic E-state index is -0.179. The normalized spacial score (nSPS) is 10.0. The van der Waals surface area contributed by atoms with Crippen LogP contribution in [0.25, 0.3) is 0 Å². The monoisotopic (exact) mass is 337 g/mol. The van der Waals surface area contributed by atoms with Gasteiger partial charge in [0.25, 0.3) is 5.91 Å². The lowest BCUT2D eigenvalue weighted by atomic mass is 10.2. The summed E-state index contributed by atoms with van der Waals surface area (Å²) in [6.45, 7) is 12.3. The summed E-state index contributed by atoms with van der Waals surface area (Å²) in [4.78, 5) is 12.3. The summed E-state index contributed by atoms with van der Waals surface area (Å²) in [7, 11) is 0. The van der Waals surface area contributed by atoms with E-state index in [1.165, 1.54) is 0 Å². The average molecular weight is 337 g/mol. The van der Waals surface area contributed by atoms with Gasteiger partial charge < -0.3 is 14.8 Å². The molecule has 2 aromatic rings. The molecule has 0 aliphatic heterocycles. The Balaban J connectivity index is 1.92. The largest absolute Gasteiger partial charge is 0.489 e. The van der Waals surface area contributed by atoms with Gasteiger partial charge in [0.1, 0.15) is 24.7 Å². The number of ether oxygens (including phenoxy) is 2. The Labute approximate surface area is 148 Å². The number of carbonyl (C=O) groups excluding carboxylic acids is 1. The van der Waals surface area contributed by atoms with E-state index in [2.05, 4.69) is 18.5 Å². The molecule has 0 aromatic heterocycles. The lowest BCUT2D eigenvalue weighted by Gasteiger charge is -2.09. The van der Waals surface area contributed by atoms with Crippen LogP contribution in [0.2, 0.25) is 0 Å². The maximum atomic E-state index is 12.3. The van der Waals surface area contributed by atoms with Crippen molar-refractivity contribution in [3.8, 4) is 11.5 Å². The summed E-state index contributed by atoms with van der Waals surface area (Å²) in [5, 5.41) is 2.85. The molecule has 0 fully saturated rings. The molecule has 1 N–H and O–H groups in total. The predicted octanol–water partition coefficient (Wildman–Crippen LogP) is 4.85. The summed E-state index contributed by atoms with van der Waals surface area (Å²) in [6, 6.07) is 14.2.